The van der Waals surface area contributed by atoms with Crippen LogP contribution in [0.15, 0.2) is 5.10 Å². The van der Waals surface area contributed by atoms with E-state index in [9.17, 15) is 18.0 Å². The molecule has 0 rings (SSSR count). The fourth-order valence-electron chi connectivity index (χ4n) is 0.431. The first-order valence-corrected chi connectivity index (χ1v) is 3.72. The molecule has 0 bridgehead atoms. The number of halogens is 3. The number of carbonyl (C=O) groups excluding carboxylic acids is 1. The highest BCUT2D eigenvalue weighted by atomic mass is 19.4. The van der Waals surface area contributed by atoms with Crippen LogP contribution in [0.2, 0.25) is 0 Å². The molecule has 0 aromatic rings. The Balaban J connectivity index is 3.77. The van der Waals surface area contributed by atoms with Crippen LogP contribution in [-0.4, -0.2) is 18.3 Å². The molecule has 1 N–H and O–H groups in total. The van der Waals surface area contributed by atoms with Crippen LogP contribution in [0.3, 0.4) is 0 Å². The molecule has 0 aromatic carbocycles. The van der Waals surface area contributed by atoms with E-state index in [0.29, 0.717) is 12.3 Å². The largest absolute Gasteiger partial charge is 0.473 e. The Labute approximate surface area is 74.0 Å². The second kappa shape index (κ2) is 4.84. The third kappa shape index (κ3) is 6.12. The summed E-state index contributed by atoms with van der Waals surface area (Å²) in [6.07, 6.45) is -3.10. The van der Waals surface area contributed by atoms with Crippen molar-refractivity contribution >= 4 is 12.1 Å². The van der Waals surface area contributed by atoms with Gasteiger partial charge >= 0.3 is 12.1 Å². The van der Waals surface area contributed by atoms with E-state index in [1.165, 1.54) is 11.6 Å². The van der Waals surface area contributed by atoms with E-state index in [4.69, 9.17) is 0 Å². The first kappa shape index (κ1) is 11.9. The number of hydrogen-bond acceptors (Lipinski definition) is 2. The lowest BCUT2D eigenvalue weighted by Gasteiger charge is -2.02. The van der Waals surface area contributed by atoms with Crippen LogP contribution in [0.1, 0.15) is 20.3 Å². The molecule has 0 radical (unpaired) electrons. The highest BCUT2D eigenvalue weighted by molar-refractivity contribution is 5.82. The van der Waals surface area contributed by atoms with Crippen molar-refractivity contribution < 1.29 is 18.0 Å². The third-order valence-corrected chi connectivity index (χ3v) is 1.09. The smallest absolute Gasteiger partial charge is 0.263 e. The molecule has 0 aliphatic rings. The van der Waals surface area contributed by atoms with E-state index < -0.39 is 12.1 Å². The lowest BCUT2D eigenvalue weighted by molar-refractivity contribution is -0.173. The summed E-state index contributed by atoms with van der Waals surface area (Å²) in [7, 11) is 0. The fourth-order valence-corrected chi connectivity index (χ4v) is 0.431. The van der Waals surface area contributed by atoms with Crippen LogP contribution in [-0.2, 0) is 4.79 Å². The van der Waals surface area contributed by atoms with Gasteiger partial charge in [0, 0.05) is 6.21 Å². The number of nitrogens with zero attached hydrogens (tertiary/aromatic N) is 1. The molecule has 3 nitrogen and oxygen atoms in total. The molecule has 76 valence electrons. The number of alkyl halides is 3. The molecule has 0 saturated heterocycles. The number of rotatable bonds is 3. The topological polar surface area (TPSA) is 41.5 Å². The molecule has 0 aliphatic heterocycles. The third-order valence-electron chi connectivity index (χ3n) is 1.09. The first-order chi connectivity index (χ1) is 5.84. The van der Waals surface area contributed by atoms with Crippen molar-refractivity contribution in [2.24, 2.45) is 11.0 Å². The van der Waals surface area contributed by atoms with Gasteiger partial charge in [0.2, 0.25) is 0 Å². The first-order valence-electron chi connectivity index (χ1n) is 3.72. The SMILES string of the molecule is CC(C)C/C=N/NC(=O)C(F)(F)F. The number of hydrogen-bond donors (Lipinski definition) is 1. The summed E-state index contributed by atoms with van der Waals surface area (Å²) >= 11 is 0. The Hall–Kier alpha value is -1.07. The van der Waals surface area contributed by atoms with Gasteiger partial charge in [0.05, 0.1) is 0 Å². The summed E-state index contributed by atoms with van der Waals surface area (Å²) in [6, 6.07) is 0. The van der Waals surface area contributed by atoms with Crippen molar-refractivity contribution in [2.75, 3.05) is 0 Å². The van der Waals surface area contributed by atoms with Crippen molar-refractivity contribution in [2.45, 2.75) is 26.4 Å². The highest BCUT2D eigenvalue weighted by Gasteiger charge is 2.38. The molecule has 0 unspecified atom stereocenters. The van der Waals surface area contributed by atoms with E-state index in [1.807, 2.05) is 13.8 Å². The normalized spacial score (nSPS) is 12.5. The number of carbonyl (C=O) groups is 1. The van der Waals surface area contributed by atoms with Crippen molar-refractivity contribution in [3.8, 4) is 0 Å². The summed E-state index contributed by atoms with van der Waals surface area (Å²) in [4.78, 5) is 10.2. The van der Waals surface area contributed by atoms with Gasteiger partial charge in [-0.3, -0.25) is 4.79 Å². The predicted octanol–water partition coefficient (Wildman–Crippen LogP) is 1.70. The summed E-state index contributed by atoms with van der Waals surface area (Å²) < 4.78 is 34.6. The molecule has 1 amide bonds. The average molecular weight is 196 g/mol. The Morgan fingerprint density at radius 3 is 2.46 bits per heavy atom. The molecular formula is C7H11F3N2O. The highest BCUT2D eigenvalue weighted by Crippen LogP contribution is 2.13. The minimum absolute atomic E-state index is 0.298. The maximum Gasteiger partial charge on any atom is 0.473 e. The average Bonchev–Trinajstić information content (AvgIpc) is 1.95. The number of nitrogens with one attached hydrogen (secondary N) is 1. The van der Waals surface area contributed by atoms with Crippen molar-refractivity contribution in [1.29, 1.82) is 0 Å². The molecule has 0 aliphatic carbocycles. The Morgan fingerprint density at radius 2 is 2.08 bits per heavy atom. The molecule has 6 heteroatoms. The minimum Gasteiger partial charge on any atom is -0.263 e. The summed E-state index contributed by atoms with van der Waals surface area (Å²) in [6.45, 7) is 3.77. The minimum atomic E-state index is -4.87. The van der Waals surface area contributed by atoms with Crippen LogP contribution < -0.4 is 5.43 Å². The molecule has 0 atom stereocenters. The fraction of sp³-hybridized carbons (Fsp3) is 0.714. The van der Waals surface area contributed by atoms with Gasteiger partial charge in [-0.2, -0.15) is 18.3 Å². The number of amides is 1. The Kier molecular flexibility index (Phi) is 4.44. The Morgan fingerprint density at radius 1 is 1.54 bits per heavy atom. The van der Waals surface area contributed by atoms with Crippen molar-refractivity contribution in [1.82, 2.24) is 5.43 Å². The van der Waals surface area contributed by atoms with Crippen LogP contribution in [0, 0.1) is 5.92 Å². The van der Waals surface area contributed by atoms with Crippen LogP contribution in [0.4, 0.5) is 13.2 Å². The molecule has 0 aromatic heterocycles. The lowest BCUT2D eigenvalue weighted by atomic mass is 10.2. The molecule has 0 saturated carbocycles. The lowest BCUT2D eigenvalue weighted by Crippen LogP contribution is -2.33. The van der Waals surface area contributed by atoms with Gasteiger partial charge in [-0.15, -0.1) is 0 Å². The van der Waals surface area contributed by atoms with Gasteiger partial charge in [-0.1, -0.05) is 13.8 Å². The zero-order valence-electron chi connectivity index (χ0n) is 7.35. The zero-order valence-corrected chi connectivity index (χ0v) is 7.35. The van der Waals surface area contributed by atoms with Gasteiger partial charge in [-0.25, -0.2) is 5.43 Å². The van der Waals surface area contributed by atoms with Crippen molar-refractivity contribution in [3.63, 3.8) is 0 Å². The number of hydrazone groups is 1. The standard InChI is InChI=1S/C7H11F3N2O/c1-5(2)3-4-11-12-6(13)7(8,9)10/h4-5H,3H2,1-2H3,(H,12,13)/b11-4+. The Bertz CT molecular complexity index is 198. The molecule has 0 heterocycles. The molecule has 13 heavy (non-hydrogen) atoms. The van der Waals surface area contributed by atoms with Gasteiger partial charge < -0.3 is 0 Å². The van der Waals surface area contributed by atoms with E-state index in [-0.39, 0.29) is 0 Å². The quantitative estimate of drug-likeness (QED) is 0.541. The summed E-state index contributed by atoms with van der Waals surface area (Å²) in [5, 5.41) is 3.13. The zero-order chi connectivity index (χ0) is 10.5. The second-order valence-electron chi connectivity index (χ2n) is 2.88. The summed E-state index contributed by atoms with van der Waals surface area (Å²) in [5.74, 6) is -1.75. The van der Waals surface area contributed by atoms with Gasteiger partial charge in [0.1, 0.15) is 0 Å². The molecule has 0 spiro atoms. The van der Waals surface area contributed by atoms with Gasteiger partial charge in [-0.05, 0) is 12.3 Å². The van der Waals surface area contributed by atoms with Crippen LogP contribution in [0.5, 0.6) is 0 Å². The maximum atomic E-state index is 11.5. The molecular weight excluding hydrogens is 185 g/mol. The predicted molar refractivity (Wildman–Crippen MR) is 42.1 cm³/mol. The van der Waals surface area contributed by atoms with Crippen LogP contribution >= 0.6 is 0 Å². The maximum absolute atomic E-state index is 11.5. The second-order valence-corrected chi connectivity index (χ2v) is 2.88. The van der Waals surface area contributed by atoms with Crippen molar-refractivity contribution in [3.05, 3.63) is 0 Å². The van der Waals surface area contributed by atoms with E-state index in [0.717, 1.165) is 0 Å². The monoisotopic (exact) mass is 196 g/mol. The van der Waals surface area contributed by atoms with E-state index >= 15 is 0 Å². The van der Waals surface area contributed by atoms with E-state index in [2.05, 4.69) is 5.10 Å². The van der Waals surface area contributed by atoms with Crippen LogP contribution in [0.25, 0.3) is 0 Å². The van der Waals surface area contributed by atoms with E-state index in [1.54, 1.807) is 0 Å². The summed E-state index contributed by atoms with van der Waals surface area (Å²) in [5.41, 5.74) is 1.38. The van der Waals surface area contributed by atoms with Gasteiger partial charge in [0.15, 0.2) is 0 Å². The van der Waals surface area contributed by atoms with Gasteiger partial charge in [0.25, 0.3) is 0 Å². The molecule has 0 fully saturated rings.